The van der Waals surface area contributed by atoms with Crippen LogP contribution in [0.25, 0.3) is 0 Å². The minimum Gasteiger partial charge on any atom is -0.481 e. The summed E-state index contributed by atoms with van der Waals surface area (Å²) < 4.78 is 18.0. The number of carboxylic acid groups (broad SMARTS) is 2. The Labute approximate surface area is 327 Å². The number of aliphatic hydroxyl groups is 3. The topological polar surface area (TPSA) is 163 Å². The Morgan fingerprint density at radius 2 is 1.60 bits per heavy atom. The molecular formula is C45H68O10. The molecule has 0 radical (unpaired) electrons. The molecule has 0 unspecified atom stereocenters. The third-order valence-electron chi connectivity index (χ3n) is 18.6. The van der Waals surface area contributed by atoms with E-state index in [0.29, 0.717) is 31.3 Å². The van der Waals surface area contributed by atoms with Crippen molar-refractivity contribution >= 4 is 11.9 Å². The van der Waals surface area contributed by atoms with Crippen molar-refractivity contribution in [2.75, 3.05) is 13.7 Å². The molecule has 0 aromatic heterocycles. The van der Waals surface area contributed by atoms with Gasteiger partial charge in [0.25, 0.3) is 0 Å². The second-order valence-electron chi connectivity index (χ2n) is 21.1. The first-order chi connectivity index (χ1) is 25.9. The maximum atomic E-state index is 14.1. The van der Waals surface area contributed by atoms with Gasteiger partial charge in [-0.15, -0.1) is 0 Å². The zero-order valence-electron chi connectivity index (χ0n) is 34.1. The van der Waals surface area contributed by atoms with E-state index < -0.39 is 53.5 Å². The average Bonchev–Trinajstić information content (AvgIpc) is 3.12. The highest BCUT2D eigenvalue weighted by Gasteiger charge is 2.77. The van der Waals surface area contributed by atoms with Crippen LogP contribution in [0.4, 0.5) is 0 Å². The molecule has 10 nitrogen and oxygen atoms in total. The average molecular weight is 769 g/mol. The van der Waals surface area contributed by atoms with Crippen molar-refractivity contribution in [1.29, 1.82) is 0 Å². The summed E-state index contributed by atoms with van der Waals surface area (Å²) in [4.78, 5) is 26.0. The fourth-order valence-corrected chi connectivity index (χ4v) is 16.4. The van der Waals surface area contributed by atoms with E-state index in [1.165, 1.54) is 37.7 Å². The van der Waals surface area contributed by atoms with Gasteiger partial charge in [0.2, 0.25) is 0 Å². The molecular weight excluding hydrogens is 700 g/mol. The van der Waals surface area contributed by atoms with Crippen LogP contribution >= 0.6 is 0 Å². The fraction of sp³-hybridized carbons (Fsp3) is 0.867. The molecule has 5 N–H and O–H groups in total. The van der Waals surface area contributed by atoms with Crippen molar-refractivity contribution in [2.45, 2.75) is 168 Å². The third-order valence-corrected chi connectivity index (χ3v) is 18.6. The molecule has 7 aliphatic carbocycles. The number of aliphatic hydroxyl groups excluding tert-OH is 3. The standard InChI is InChI=1S/C45H68O10/c1-39(2)28-15-20-42(5)29(41(28,4)19-16-31(39)54-37-34(48)32(46)33(47)35(55-37)36(49)50)13-14-30-43-18-10-17-40(3,25-43)23-27(24-53-6)45(43,38(51)52)22-21-44(30,42)26-11-8-7-9-12-26/h10,14,18,26-29,31-35,37,46-48H,7-9,11-13,15-17,19-25H2,1-6H3,(H,49,50)(H,51,52)/t27-,28-,29+,31-,32-,33-,34+,35-,37+,40-,41-,42+,43-,44-,45-/m0/s1. The van der Waals surface area contributed by atoms with Crippen LogP contribution in [0.3, 0.4) is 0 Å². The van der Waals surface area contributed by atoms with Crippen LogP contribution in [0.1, 0.15) is 131 Å². The SMILES string of the molecule is COC[C@@H]1C[C@]2(C)CC=C[C@]3(C2)C2=CC[C@@H]4[C@@]5(C)CC[C@H](O[C@@H]6O[C@H](C(=O)O)[C@@H](O)[C@H](O)[C@H]6O)C(C)(C)[C@@H]5CC[C@@]4(C)[C@]2(C2CCCCC2)CC[C@@]13C(=O)O. The fourth-order valence-electron chi connectivity index (χ4n) is 16.4. The molecule has 1 aliphatic heterocycles. The highest BCUT2D eigenvalue weighted by Crippen LogP contribution is 2.82. The van der Waals surface area contributed by atoms with Crippen molar-refractivity contribution in [3.05, 3.63) is 23.8 Å². The minimum absolute atomic E-state index is 0.0193. The lowest BCUT2D eigenvalue weighted by atomic mass is 9.27. The summed E-state index contributed by atoms with van der Waals surface area (Å²) in [6.45, 7) is 12.5. The number of carbonyl (C=O) groups is 2. The van der Waals surface area contributed by atoms with Gasteiger partial charge in [0.05, 0.1) is 18.1 Å². The number of allylic oxidation sites excluding steroid dienone is 4. The van der Waals surface area contributed by atoms with Crippen molar-refractivity contribution in [3.8, 4) is 0 Å². The molecule has 0 aromatic carbocycles. The number of carboxylic acids is 2. The van der Waals surface area contributed by atoms with Crippen molar-refractivity contribution in [3.63, 3.8) is 0 Å². The van der Waals surface area contributed by atoms with E-state index in [1.807, 2.05) is 0 Å². The Balaban J connectivity index is 1.20. The van der Waals surface area contributed by atoms with Crippen molar-refractivity contribution in [1.82, 2.24) is 0 Å². The van der Waals surface area contributed by atoms with Crippen LogP contribution in [0, 0.1) is 61.6 Å². The van der Waals surface area contributed by atoms with Gasteiger partial charge in [-0.2, -0.15) is 0 Å². The predicted octanol–water partition coefficient (Wildman–Crippen LogP) is 6.89. The first-order valence-corrected chi connectivity index (χ1v) is 21.6. The van der Waals surface area contributed by atoms with Crippen molar-refractivity contribution in [2.24, 2.45) is 61.6 Å². The van der Waals surface area contributed by atoms with Gasteiger partial charge in [-0.25, -0.2) is 4.79 Å². The van der Waals surface area contributed by atoms with Gasteiger partial charge < -0.3 is 39.7 Å². The molecule has 0 amide bonds. The van der Waals surface area contributed by atoms with E-state index in [0.717, 1.165) is 51.4 Å². The molecule has 55 heavy (non-hydrogen) atoms. The van der Waals surface area contributed by atoms with E-state index in [4.69, 9.17) is 14.2 Å². The highest BCUT2D eigenvalue weighted by atomic mass is 16.7. The number of hydrogen-bond acceptors (Lipinski definition) is 8. The Bertz CT molecular complexity index is 1600. The molecule has 0 aromatic rings. The summed E-state index contributed by atoms with van der Waals surface area (Å²) >= 11 is 0. The number of rotatable bonds is 7. The summed E-state index contributed by atoms with van der Waals surface area (Å²) in [5.74, 6) is -0.966. The molecule has 308 valence electrons. The van der Waals surface area contributed by atoms with Gasteiger partial charge in [0, 0.05) is 23.9 Å². The highest BCUT2D eigenvalue weighted by molar-refractivity contribution is 5.79. The summed E-state index contributed by atoms with van der Waals surface area (Å²) in [6, 6.07) is 0. The monoisotopic (exact) mass is 768 g/mol. The van der Waals surface area contributed by atoms with Crippen LogP contribution < -0.4 is 0 Å². The van der Waals surface area contributed by atoms with E-state index >= 15 is 0 Å². The lowest BCUT2D eigenvalue weighted by molar-refractivity contribution is -0.324. The van der Waals surface area contributed by atoms with E-state index in [1.54, 1.807) is 7.11 Å². The zero-order chi connectivity index (χ0) is 39.6. The van der Waals surface area contributed by atoms with Gasteiger partial charge in [-0.05, 0) is 116 Å². The van der Waals surface area contributed by atoms with Crippen molar-refractivity contribution < 1.29 is 49.3 Å². The van der Waals surface area contributed by atoms with Gasteiger partial charge in [-0.1, -0.05) is 77.7 Å². The first kappa shape index (κ1) is 40.0. The molecule has 15 atom stereocenters. The summed E-state index contributed by atoms with van der Waals surface area (Å²) in [7, 11) is 1.73. The van der Waals surface area contributed by atoms with Gasteiger partial charge in [-0.3, -0.25) is 4.79 Å². The van der Waals surface area contributed by atoms with Crippen LogP contribution in [-0.2, 0) is 23.8 Å². The number of methoxy groups -OCH3 is 1. The molecule has 1 heterocycles. The molecule has 1 saturated heterocycles. The van der Waals surface area contributed by atoms with Gasteiger partial charge in [0.1, 0.15) is 18.3 Å². The van der Waals surface area contributed by atoms with E-state index in [-0.39, 0.29) is 45.0 Å². The molecule has 1 spiro atoms. The summed E-state index contributed by atoms with van der Waals surface area (Å²) in [5, 5.41) is 53.0. The number of aliphatic carboxylic acids is 2. The zero-order valence-corrected chi connectivity index (χ0v) is 34.1. The van der Waals surface area contributed by atoms with E-state index in [9.17, 15) is 35.1 Å². The molecule has 10 heteroatoms. The Morgan fingerprint density at radius 3 is 2.27 bits per heavy atom. The Kier molecular flexibility index (Phi) is 9.71. The molecule has 6 fully saturated rings. The molecule has 2 bridgehead atoms. The predicted molar refractivity (Wildman–Crippen MR) is 205 cm³/mol. The quantitative estimate of drug-likeness (QED) is 0.136. The van der Waals surface area contributed by atoms with Gasteiger partial charge in [0.15, 0.2) is 12.4 Å². The summed E-state index contributed by atoms with van der Waals surface area (Å²) in [5.41, 5.74) is -0.530. The number of hydrogen-bond donors (Lipinski definition) is 5. The maximum Gasteiger partial charge on any atom is 0.335 e. The largest absolute Gasteiger partial charge is 0.481 e. The normalized spacial score (nSPS) is 51.8. The lowest BCUT2D eigenvalue weighted by Gasteiger charge is -2.76. The maximum absolute atomic E-state index is 14.1. The third kappa shape index (κ3) is 5.25. The molecule has 5 saturated carbocycles. The van der Waals surface area contributed by atoms with Crippen LogP contribution in [0.2, 0.25) is 0 Å². The van der Waals surface area contributed by atoms with Crippen LogP contribution in [0.15, 0.2) is 23.8 Å². The Morgan fingerprint density at radius 1 is 0.873 bits per heavy atom. The second kappa shape index (κ2) is 13.4. The Hall–Kier alpha value is -1.82. The molecule has 8 aliphatic rings. The number of ether oxygens (including phenoxy) is 3. The van der Waals surface area contributed by atoms with E-state index in [2.05, 4.69) is 52.8 Å². The van der Waals surface area contributed by atoms with Crippen LogP contribution in [0.5, 0.6) is 0 Å². The smallest absolute Gasteiger partial charge is 0.335 e. The minimum atomic E-state index is -1.76. The van der Waals surface area contributed by atoms with Crippen LogP contribution in [-0.4, -0.2) is 88.0 Å². The second-order valence-corrected chi connectivity index (χ2v) is 21.1. The number of fused-ring (bicyclic) bond motifs is 6. The lowest BCUT2D eigenvalue weighted by Crippen LogP contribution is -2.71. The summed E-state index contributed by atoms with van der Waals surface area (Å²) in [6.07, 6.45) is 13.9. The first-order valence-electron chi connectivity index (χ1n) is 21.6. The molecule has 8 rings (SSSR count). The van der Waals surface area contributed by atoms with Gasteiger partial charge >= 0.3 is 11.9 Å².